The van der Waals surface area contributed by atoms with E-state index in [2.05, 4.69) is 76.2 Å². The summed E-state index contributed by atoms with van der Waals surface area (Å²) >= 11 is 0. The summed E-state index contributed by atoms with van der Waals surface area (Å²) in [5.74, 6) is 8.38. The number of rotatable bonds is 17. The van der Waals surface area contributed by atoms with Gasteiger partial charge in [-0.2, -0.15) is 0 Å². The predicted octanol–water partition coefficient (Wildman–Crippen LogP) is 16.5. The van der Waals surface area contributed by atoms with E-state index in [9.17, 15) is 0 Å². The molecule has 0 spiro atoms. The molecule has 0 heteroatoms. The van der Waals surface area contributed by atoms with Crippen LogP contribution in [0, 0.1) is 54.3 Å². The standard InChI is InChI=1S/C27H44.C26H42/c1-3-5-23-10-12-25(13-11-23)16-17-27-20-18-26(19-21-27)15-14-24-8-6-22(4-2)7-9-24;1-3-4-22-9-11-24(12-10-22)15-16-26-19-17-25(18-20-26)14-13-23-7-5-21(2)6-8-23/h6-9,23,25-27H,3-5,10-21H2,1-2H3;5-8,22,24-26H,3-4,9-20H2,1-2H3. The second kappa shape index (κ2) is 24.2. The molecule has 2 aromatic rings. The lowest BCUT2D eigenvalue weighted by atomic mass is 9.74. The van der Waals surface area contributed by atoms with Crippen molar-refractivity contribution < 1.29 is 0 Å². The molecule has 2 aromatic carbocycles. The third-order valence-corrected chi connectivity index (χ3v) is 15.5. The average molecular weight is 723 g/mol. The number of hydrogen-bond acceptors (Lipinski definition) is 0. The molecule has 53 heavy (non-hydrogen) atoms. The van der Waals surface area contributed by atoms with E-state index in [0.717, 1.165) is 53.8 Å². The molecule has 4 fully saturated rings. The van der Waals surface area contributed by atoms with Crippen LogP contribution in [0.4, 0.5) is 0 Å². The van der Waals surface area contributed by atoms with E-state index < -0.39 is 0 Å². The first-order valence-corrected chi connectivity index (χ1v) is 24.1. The molecule has 4 aliphatic rings. The minimum atomic E-state index is 0.997. The van der Waals surface area contributed by atoms with E-state index in [1.165, 1.54) is 196 Å². The van der Waals surface area contributed by atoms with Gasteiger partial charge in [-0.15, -0.1) is 0 Å². The zero-order valence-corrected chi connectivity index (χ0v) is 35.7. The van der Waals surface area contributed by atoms with Crippen molar-refractivity contribution in [2.45, 2.75) is 214 Å². The van der Waals surface area contributed by atoms with Crippen LogP contribution in [-0.4, -0.2) is 0 Å². The van der Waals surface area contributed by atoms with Gasteiger partial charge in [0.2, 0.25) is 0 Å². The summed E-state index contributed by atoms with van der Waals surface area (Å²) in [6.45, 7) is 9.13. The van der Waals surface area contributed by atoms with Crippen LogP contribution in [0.1, 0.15) is 210 Å². The van der Waals surface area contributed by atoms with Gasteiger partial charge in [0.05, 0.1) is 0 Å². The van der Waals surface area contributed by atoms with Crippen molar-refractivity contribution >= 4 is 0 Å². The summed E-state index contributed by atoms with van der Waals surface area (Å²) in [6, 6.07) is 18.6. The highest BCUT2D eigenvalue weighted by Gasteiger charge is 2.26. The van der Waals surface area contributed by atoms with Crippen LogP contribution in [0.15, 0.2) is 48.5 Å². The third-order valence-electron chi connectivity index (χ3n) is 15.5. The van der Waals surface area contributed by atoms with Crippen molar-refractivity contribution in [2.24, 2.45) is 47.3 Å². The zero-order valence-electron chi connectivity index (χ0n) is 35.7. The molecule has 0 radical (unpaired) electrons. The fourth-order valence-electron chi connectivity index (χ4n) is 11.4. The lowest BCUT2D eigenvalue weighted by molar-refractivity contribution is 0.209. The molecule has 6 rings (SSSR count). The van der Waals surface area contributed by atoms with Gasteiger partial charge in [-0.3, -0.25) is 0 Å². The highest BCUT2D eigenvalue weighted by Crippen LogP contribution is 2.40. The molecule has 0 saturated heterocycles. The second-order valence-electron chi connectivity index (χ2n) is 19.5. The minimum Gasteiger partial charge on any atom is -0.0654 e. The van der Waals surface area contributed by atoms with Crippen molar-refractivity contribution in [1.29, 1.82) is 0 Å². The summed E-state index contributed by atoms with van der Waals surface area (Å²) in [5, 5.41) is 0. The van der Waals surface area contributed by atoms with E-state index in [1.54, 1.807) is 5.56 Å². The van der Waals surface area contributed by atoms with Crippen molar-refractivity contribution in [3.8, 4) is 0 Å². The van der Waals surface area contributed by atoms with Gasteiger partial charge >= 0.3 is 0 Å². The molecule has 298 valence electrons. The molecular weight excluding hydrogens is 637 g/mol. The van der Waals surface area contributed by atoms with Gasteiger partial charge in [-0.1, -0.05) is 229 Å². The fourth-order valence-corrected chi connectivity index (χ4v) is 11.4. The Labute approximate surface area is 330 Å². The normalized spacial score (nSPS) is 29.3. The molecule has 0 amide bonds. The molecule has 0 bridgehead atoms. The van der Waals surface area contributed by atoms with E-state index in [0.29, 0.717) is 0 Å². The Hall–Kier alpha value is -1.56. The summed E-state index contributed by atoms with van der Waals surface area (Å²) in [5.41, 5.74) is 5.94. The third kappa shape index (κ3) is 15.8. The van der Waals surface area contributed by atoms with Crippen LogP contribution in [-0.2, 0) is 19.3 Å². The van der Waals surface area contributed by atoms with Crippen LogP contribution in [0.3, 0.4) is 0 Å². The maximum absolute atomic E-state index is 2.36. The number of aryl methyl sites for hydroxylation is 4. The Bertz CT molecular complexity index is 1170. The molecule has 0 aromatic heterocycles. The predicted molar refractivity (Wildman–Crippen MR) is 234 cm³/mol. The molecular formula is C53H86. The van der Waals surface area contributed by atoms with E-state index in [1.807, 2.05) is 0 Å². The number of hydrogen-bond donors (Lipinski definition) is 0. The first kappa shape index (κ1) is 42.6. The van der Waals surface area contributed by atoms with Gasteiger partial charge < -0.3 is 0 Å². The maximum Gasteiger partial charge on any atom is -0.0276 e. The first-order chi connectivity index (χ1) is 26.0. The molecule has 4 aliphatic carbocycles. The maximum atomic E-state index is 2.36. The van der Waals surface area contributed by atoms with Crippen LogP contribution in [0.25, 0.3) is 0 Å². The van der Waals surface area contributed by atoms with Crippen LogP contribution in [0.5, 0.6) is 0 Å². The lowest BCUT2D eigenvalue weighted by Gasteiger charge is -2.32. The van der Waals surface area contributed by atoms with Gasteiger partial charge in [0, 0.05) is 0 Å². The second-order valence-corrected chi connectivity index (χ2v) is 19.5. The van der Waals surface area contributed by atoms with Gasteiger partial charge in [0.1, 0.15) is 0 Å². The average Bonchev–Trinajstić information content (AvgIpc) is 3.21. The lowest BCUT2D eigenvalue weighted by Crippen LogP contribution is -2.18. The van der Waals surface area contributed by atoms with Crippen molar-refractivity contribution in [2.75, 3.05) is 0 Å². The van der Waals surface area contributed by atoms with Crippen LogP contribution >= 0.6 is 0 Å². The summed E-state index contributed by atoms with van der Waals surface area (Å²) in [4.78, 5) is 0. The smallest absolute Gasteiger partial charge is 0.0276 e. The topological polar surface area (TPSA) is 0 Å². The van der Waals surface area contributed by atoms with E-state index in [-0.39, 0.29) is 0 Å². The van der Waals surface area contributed by atoms with E-state index >= 15 is 0 Å². The number of benzene rings is 2. The Morgan fingerprint density at radius 1 is 0.321 bits per heavy atom. The molecule has 0 N–H and O–H groups in total. The SMILES string of the molecule is CCCC1CCC(CCC2CCC(CCc3ccc(C)cc3)CC2)CC1.CCCC1CCC(CCC2CCC(CCc3ccc(CC)cc3)CC2)CC1. The quantitative estimate of drug-likeness (QED) is 0.152. The first-order valence-electron chi connectivity index (χ1n) is 24.1. The zero-order chi connectivity index (χ0) is 37.1. The van der Waals surface area contributed by atoms with Crippen molar-refractivity contribution in [1.82, 2.24) is 0 Å². The highest BCUT2D eigenvalue weighted by molar-refractivity contribution is 5.23. The summed E-state index contributed by atoms with van der Waals surface area (Å²) < 4.78 is 0. The molecule has 0 nitrogen and oxygen atoms in total. The summed E-state index contributed by atoms with van der Waals surface area (Å²) in [7, 11) is 0. The highest BCUT2D eigenvalue weighted by atomic mass is 14.3. The van der Waals surface area contributed by atoms with Crippen molar-refractivity contribution in [3.63, 3.8) is 0 Å². The summed E-state index contributed by atoms with van der Waals surface area (Å²) in [6.07, 6.45) is 42.8. The minimum absolute atomic E-state index is 0.997. The largest absolute Gasteiger partial charge is 0.0654 e. The Morgan fingerprint density at radius 3 is 0.849 bits per heavy atom. The van der Waals surface area contributed by atoms with Gasteiger partial charge in [-0.25, -0.2) is 0 Å². The molecule has 0 aliphatic heterocycles. The Morgan fingerprint density at radius 2 is 0.566 bits per heavy atom. The monoisotopic (exact) mass is 723 g/mol. The Kier molecular flexibility index (Phi) is 19.4. The van der Waals surface area contributed by atoms with Gasteiger partial charge in [0.15, 0.2) is 0 Å². The fraction of sp³-hybridized carbons (Fsp3) is 0.774. The van der Waals surface area contributed by atoms with Gasteiger partial charge in [-0.05, 0) is 103 Å². The van der Waals surface area contributed by atoms with Gasteiger partial charge in [0.25, 0.3) is 0 Å². The molecule has 0 atom stereocenters. The van der Waals surface area contributed by atoms with Crippen LogP contribution in [0.2, 0.25) is 0 Å². The molecule has 4 saturated carbocycles. The van der Waals surface area contributed by atoms with E-state index in [4.69, 9.17) is 0 Å². The molecule has 0 heterocycles. The van der Waals surface area contributed by atoms with Crippen molar-refractivity contribution in [3.05, 3.63) is 70.8 Å². The molecule has 0 unspecified atom stereocenters. The van der Waals surface area contributed by atoms with Crippen LogP contribution < -0.4 is 0 Å². The Balaban J connectivity index is 0.000000204.